The quantitative estimate of drug-likeness (QED) is 0.526. The Morgan fingerprint density at radius 1 is 1.32 bits per heavy atom. The molecule has 2 heteroatoms. The summed E-state index contributed by atoms with van der Waals surface area (Å²) in [6, 6.07) is 0.679. The van der Waals surface area contributed by atoms with E-state index in [2.05, 4.69) is 50.8 Å². The van der Waals surface area contributed by atoms with Gasteiger partial charge in [0.2, 0.25) is 0 Å². The molecule has 1 aliphatic rings. The molecule has 0 amide bonds. The van der Waals surface area contributed by atoms with E-state index in [4.69, 9.17) is 0 Å². The van der Waals surface area contributed by atoms with E-state index in [1.165, 1.54) is 18.5 Å². The number of nitrogens with one attached hydrogen (secondary N) is 1. The van der Waals surface area contributed by atoms with Gasteiger partial charge < -0.3 is 10.2 Å². The van der Waals surface area contributed by atoms with Gasteiger partial charge in [-0.1, -0.05) is 33.6 Å². The van der Waals surface area contributed by atoms with Gasteiger partial charge in [-0.05, 0) is 43.6 Å². The van der Waals surface area contributed by atoms with Gasteiger partial charge in [-0.2, -0.15) is 0 Å². The van der Waals surface area contributed by atoms with Crippen LogP contribution in [0.2, 0.25) is 0 Å². The van der Waals surface area contributed by atoms with Crippen molar-refractivity contribution < 1.29 is 0 Å². The molecular formula is C17H30N2. The second-order valence-corrected chi connectivity index (χ2v) is 5.92. The van der Waals surface area contributed by atoms with E-state index >= 15 is 0 Å². The van der Waals surface area contributed by atoms with Gasteiger partial charge in [-0.15, -0.1) is 0 Å². The summed E-state index contributed by atoms with van der Waals surface area (Å²) in [4.78, 5) is 2.41. The van der Waals surface area contributed by atoms with E-state index in [1.54, 1.807) is 6.08 Å². The van der Waals surface area contributed by atoms with Crippen LogP contribution in [0.25, 0.3) is 0 Å². The molecule has 1 fully saturated rings. The highest BCUT2D eigenvalue weighted by atomic mass is 15.1. The minimum absolute atomic E-state index is 0.679. The van der Waals surface area contributed by atoms with Crippen molar-refractivity contribution in [1.82, 2.24) is 10.2 Å². The van der Waals surface area contributed by atoms with E-state index in [0.29, 0.717) is 6.04 Å². The van der Waals surface area contributed by atoms with Crippen LogP contribution in [0.1, 0.15) is 39.5 Å². The molecule has 0 aromatic rings. The fourth-order valence-corrected chi connectivity index (χ4v) is 2.91. The van der Waals surface area contributed by atoms with Crippen LogP contribution in [0.15, 0.2) is 37.2 Å². The molecule has 3 atom stereocenters. The number of rotatable bonds is 8. The van der Waals surface area contributed by atoms with Crippen LogP contribution in [-0.4, -0.2) is 24.5 Å². The molecule has 0 aromatic heterocycles. The summed E-state index contributed by atoms with van der Waals surface area (Å²) in [5.74, 6) is 1.62. The maximum Gasteiger partial charge on any atom is 0.0311 e. The van der Waals surface area contributed by atoms with Crippen LogP contribution < -0.4 is 5.32 Å². The lowest BCUT2D eigenvalue weighted by Crippen LogP contribution is -2.34. The molecule has 0 aromatic carbocycles. The first-order valence-electron chi connectivity index (χ1n) is 7.43. The molecule has 2 nitrogen and oxygen atoms in total. The Kier molecular flexibility index (Phi) is 6.20. The first-order valence-corrected chi connectivity index (χ1v) is 7.43. The lowest BCUT2D eigenvalue weighted by Gasteiger charge is -2.32. The van der Waals surface area contributed by atoms with Crippen molar-refractivity contribution in [2.24, 2.45) is 11.8 Å². The van der Waals surface area contributed by atoms with E-state index in [0.717, 1.165) is 36.9 Å². The molecule has 0 bridgehead atoms. The standard InChI is InChI=1S/C17H30N2/c1-7-14(3)18-12-8-9-15(4)19(6)17-11-10-13(2)16(17)5/h7,13,16-18H,1,3-4,8-12H2,2,5-6H3. The Labute approximate surface area is 119 Å². The molecule has 3 unspecified atom stereocenters. The predicted molar refractivity (Wildman–Crippen MR) is 84.8 cm³/mol. The molecule has 0 heterocycles. The van der Waals surface area contributed by atoms with Crippen molar-refractivity contribution in [2.75, 3.05) is 13.6 Å². The average molecular weight is 262 g/mol. The Bertz CT molecular complexity index is 332. The summed E-state index contributed by atoms with van der Waals surface area (Å²) >= 11 is 0. The van der Waals surface area contributed by atoms with Gasteiger partial charge in [0, 0.05) is 31.0 Å². The molecule has 1 N–H and O–H groups in total. The van der Waals surface area contributed by atoms with E-state index < -0.39 is 0 Å². The van der Waals surface area contributed by atoms with E-state index in [1.807, 2.05) is 0 Å². The maximum absolute atomic E-state index is 4.25. The monoisotopic (exact) mass is 262 g/mol. The molecule has 0 saturated heterocycles. The lowest BCUT2D eigenvalue weighted by atomic mass is 9.96. The third-order valence-corrected chi connectivity index (χ3v) is 4.66. The van der Waals surface area contributed by atoms with Crippen LogP contribution in [-0.2, 0) is 0 Å². The number of hydrogen-bond donors (Lipinski definition) is 1. The highest BCUT2D eigenvalue weighted by Crippen LogP contribution is 2.35. The molecule has 0 radical (unpaired) electrons. The Balaban J connectivity index is 2.29. The summed E-state index contributed by atoms with van der Waals surface area (Å²) in [5, 5.41) is 3.24. The van der Waals surface area contributed by atoms with E-state index in [9.17, 15) is 0 Å². The lowest BCUT2D eigenvalue weighted by molar-refractivity contribution is 0.232. The zero-order chi connectivity index (χ0) is 14.4. The van der Waals surface area contributed by atoms with Gasteiger partial charge in [-0.25, -0.2) is 0 Å². The van der Waals surface area contributed by atoms with Gasteiger partial charge in [0.15, 0.2) is 0 Å². The second-order valence-electron chi connectivity index (χ2n) is 5.92. The minimum atomic E-state index is 0.679. The normalized spacial score (nSPS) is 25.9. The van der Waals surface area contributed by atoms with Gasteiger partial charge in [-0.3, -0.25) is 0 Å². The van der Waals surface area contributed by atoms with Crippen molar-refractivity contribution in [3.05, 3.63) is 37.2 Å². The molecular weight excluding hydrogens is 232 g/mol. The largest absolute Gasteiger partial charge is 0.386 e. The SMILES string of the molecule is C=CC(=C)NCCCC(=C)N(C)C1CCC(C)C1C. The Hall–Kier alpha value is -1.18. The summed E-state index contributed by atoms with van der Waals surface area (Å²) < 4.78 is 0. The van der Waals surface area contributed by atoms with Crippen molar-refractivity contribution in [1.29, 1.82) is 0 Å². The molecule has 0 spiro atoms. The van der Waals surface area contributed by atoms with Crippen molar-refractivity contribution in [2.45, 2.75) is 45.6 Å². The summed E-state index contributed by atoms with van der Waals surface area (Å²) in [6.45, 7) is 17.5. The first kappa shape index (κ1) is 15.9. The van der Waals surface area contributed by atoms with Gasteiger partial charge in [0.1, 0.15) is 0 Å². The number of allylic oxidation sites excluding steroid dienone is 2. The zero-order valence-electron chi connectivity index (χ0n) is 12.9. The predicted octanol–water partition coefficient (Wildman–Crippen LogP) is 3.94. The molecule has 1 saturated carbocycles. The van der Waals surface area contributed by atoms with Crippen LogP contribution in [0.3, 0.4) is 0 Å². The fraction of sp³-hybridized carbons (Fsp3) is 0.647. The van der Waals surface area contributed by atoms with Gasteiger partial charge >= 0.3 is 0 Å². The second kappa shape index (κ2) is 7.42. The summed E-state index contributed by atoms with van der Waals surface area (Å²) in [7, 11) is 2.21. The number of hydrogen-bond acceptors (Lipinski definition) is 2. The zero-order valence-corrected chi connectivity index (χ0v) is 12.9. The highest BCUT2D eigenvalue weighted by molar-refractivity contribution is 5.08. The van der Waals surface area contributed by atoms with Crippen LogP contribution >= 0.6 is 0 Å². The van der Waals surface area contributed by atoms with Crippen molar-refractivity contribution >= 4 is 0 Å². The topological polar surface area (TPSA) is 15.3 Å². The number of nitrogens with zero attached hydrogens (tertiary/aromatic N) is 1. The minimum Gasteiger partial charge on any atom is -0.386 e. The Morgan fingerprint density at radius 3 is 2.53 bits per heavy atom. The third kappa shape index (κ3) is 4.45. The van der Waals surface area contributed by atoms with Crippen LogP contribution in [0.5, 0.6) is 0 Å². The van der Waals surface area contributed by atoms with Crippen LogP contribution in [0, 0.1) is 11.8 Å². The van der Waals surface area contributed by atoms with Gasteiger partial charge in [0.25, 0.3) is 0 Å². The van der Waals surface area contributed by atoms with E-state index in [-0.39, 0.29) is 0 Å². The van der Waals surface area contributed by atoms with Gasteiger partial charge in [0.05, 0.1) is 0 Å². The molecule has 1 aliphatic carbocycles. The molecule has 1 rings (SSSR count). The summed E-state index contributed by atoms with van der Waals surface area (Å²) in [5.41, 5.74) is 2.16. The van der Waals surface area contributed by atoms with Crippen LogP contribution in [0.4, 0.5) is 0 Å². The van der Waals surface area contributed by atoms with Crippen molar-refractivity contribution in [3.63, 3.8) is 0 Å². The third-order valence-electron chi connectivity index (χ3n) is 4.66. The highest BCUT2D eigenvalue weighted by Gasteiger charge is 2.32. The average Bonchev–Trinajstić information content (AvgIpc) is 2.73. The summed E-state index contributed by atoms with van der Waals surface area (Å²) in [6.07, 6.45) is 6.55. The fourth-order valence-electron chi connectivity index (χ4n) is 2.91. The Morgan fingerprint density at radius 2 is 2.00 bits per heavy atom. The molecule has 19 heavy (non-hydrogen) atoms. The maximum atomic E-state index is 4.25. The molecule has 108 valence electrons. The van der Waals surface area contributed by atoms with Crippen molar-refractivity contribution in [3.8, 4) is 0 Å². The first-order chi connectivity index (χ1) is 8.97. The smallest absolute Gasteiger partial charge is 0.0311 e. The molecule has 0 aliphatic heterocycles.